The molecule has 0 atom stereocenters. The highest BCUT2D eigenvalue weighted by atomic mass is 16.5. The van der Waals surface area contributed by atoms with Gasteiger partial charge in [-0.1, -0.05) is 168 Å². The average molecular weight is 664 g/mol. The Balaban J connectivity index is 1.89. The molecule has 0 spiro atoms. The fraction of sp³-hybridized carbons (Fsp3) is 0.952. The minimum atomic E-state index is 0.00906. The molecule has 0 aromatic rings. The summed E-state index contributed by atoms with van der Waals surface area (Å²) in [6, 6.07) is 0. The van der Waals surface area contributed by atoms with Gasteiger partial charge in [-0.2, -0.15) is 0 Å². The summed E-state index contributed by atoms with van der Waals surface area (Å²) < 4.78 is 10.8. The van der Waals surface area contributed by atoms with Crippen molar-refractivity contribution in [3.8, 4) is 0 Å². The van der Waals surface area contributed by atoms with Crippen molar-refractivity contribution in [2.24, 2.45) is 5.41 Å². The zero-order valence-electron chi connectivity index (χ0n) is 32.0. The Labute approximate surface area is 293 Å². The van der Waals surface area contributed by atoms with Crippen LogP contribution < -0.4 is 0 Å². The molecule has 47 heavy (non-hydrogen) atoms. The van der Waals surface area contributed by atoms with Gasteiger partial charge in [-0.25, -0.2) is 0 Å². The monoisotopic (exact) mass is 664 g/mol. The van der Waals surface area contributed by atoms with Crippen LogP contribution in [-0.4, -0.2) is 50.2 Å². The second kappa shape index (κ2) is 32.1. The second-order valence-electron chi connectivity index (χ2n) is 15.3. The minimum absolute atomic E-state index is 0.00906. The van der Waals surface area contributed by atoms with Crippen LogP contribution in [-0.2, 0) is 19.1 Å². The molecule has 0 aliphatic carbocycles. The van der Waals surface area contributed by atoms with Gasteiger partial charge < -0.3 is 14.4 Å². The van der Waals surface area contributed by atoms with E-state index in [1.807, 2.05) is 0 Å². The number of unbranched alkanes of at least 4 members (excludes halogenated alkanes) is 24. The molecule has 0 unspecified atom stereocenters. The Morgan fingerprint density at radius 2 is 0.745 bits per heavy atom. The summed E-state index contributed by atoms with van der Waals surface area (Å²) in [5.41, 5.74) is 0.583. The Kier molecular flexibility index (Phi) is 30.0. The molecule has 5 heteroatoms. The maximum Gasteiger partial charge on any atom is 0.305 e. The van der Waals surface area contributed by atoms with Gasteiger partial charge >= 0.3 is 11.9 Å². The molecular weight excluding hydrogens is 582 g/mol. The number of esters is 2. The van der Waals surface area contributed by atoms with Gasteiger partial charge in [-0.15, -0.1) is 0 Å². The molecule has 1 aliphatic heterocycles. The molecule has 1 fully saturated rings. The lowest BCUT2D eigenvalue weighted by molar-refractivity contribution is -0.144. The van der Waals surface area contributed by atoms with Crippen LogP contribution in [0.1, 0.15) is 219 Å². The predicted octanol–water partition coefficient (Wildman–Crippen LogP) is 12.5. The van der Waals surface area contributed by atoms with E-state index in [1.165, 1.54) is 167 Å². The molecule has 0 amide bonds. The SMILES string of the molecule is CCCCCCCCCOC(=O)CCCCCCCCCC1(CCCCCCCCCC(=O)OCCCCCCCCC)CN(C)C1. The number of likely N-dealkylation sites (tertiary alicyclic amines) is 1. The van der Waals surface area contributed by atoms with Crippen molar-refractivity contribution in [1.29, 1.82) is 0 Å². The van der Waals surface area contributed by atoms with Crippen LogP contribution in [0, 0.1) is 5.41 Å². The summed E-state index contributed by atoms with van der Waals surface area (Å²) in [5.74, 6) is 0.0181. The standard InChI is InChI=1S/C42H81NO4/c1-4-6-8-10-18-24-30-36-46-40(44)32-26-20-14-12-16-22-28-34-42(38-43(3)39-42)35-29-23-17-13-15-21-27-33-41(45)47-37-31-25-19-11-9-7-5-2/h4-39H2,1-3H3. The van der Waals surface area contributed by atoms with E-state index in [4.69, 9.17) is 9.47 Å². The van der Waals surface area contributed by atoms with Gasteiger partial charge in [0.2, 0.25) is 0 Å². The van der Waals surface area contributed by atoms with Crippen LogP contribution >= 0.6 is 0 Å². The molecule has 0 bridgehead atoms. The largest absolute Gasteiger partial charge is 0.466 e. The Hall–Kier alpha value is -1.10. The van der Waals surface area contributed by atoms with Crippen molar-refractivity contribution >= 4 is 11.9 Å². The first kappa shape index (κ1) is 43.9. The zero-order valence-corrected chi connectivity index (χ0v) is 32.0. The lowest BCUT2D eigenvalue weighted by Crippen LogP contribution is -2.54. The van der Waals surface area contributed by atoms with E-state index in [9.17, 15) is 9.59 Å². The molecule has 0 radical (unpaired) electrons. The number of carbonyl (C=O) groups excluding carboxylic acids is 2. The first-order chi connectivity index (χ1) is 23.0. The summed E-state index contributed by atoms with van der Waals surface area (Å²) in [5, 5.41) is 0. The topological polar surface area (TPSA) is 55.8 Å². The smallest absolute Gasteiger partial charge is 0.305 e. The van der Waals surface area contributed by atoms with Gasteiger partial charge in [-0.05, 0) is 51.0 Å². The first-order valence-corrected chi connectivity index (χ1v) is 21.0. The predicted molar refractivity (Wildman–Crippen MR) is 201 cm³/mol. The number of hydrogen-bond donors (Lipinski definition) is 0. The summed E-state index contributed by atoms with van der Waals surface area (Å²) in [4.78, 5) is 26.4. The van der Waals surface area contributed by atoms with Crippen LogP contribution in [0.2, 0.25) is 0 Å². The molecule has 0 aromatic carbocycles. The number of rotatable bonds is 36. The third-order valence-corrected chi connectivity index (χ3v) is 10.4. The summed E-state index contributed by atoms with van der Waals surface area (Å²) in [6.45, 7) is 8.31. The minimum Gasteiger partial charge on any atom is -0.466 e. The summed E-state index contributed by atoms with van der Waals surface area (Å²) in [7, 11) is 2.27. The van der Waals surface area contributed by atoms with E-state index in [1.54, 1.807) is 0 Å². The van der Waals surface area contributed by atoms with E-state index in [0.29, 0.717) is 31.5 Å². The highest BCUT2D eigenvalue weighted by Gasteiger charge is 2.39. The molecule has 5 nitrogen and oxygen atoms in total. The summed E-state index contributed by atoms with van der Waals surface area (Å²) in [6.07, 6.45) is 39.2. The Bertz CT molecular complexity index is 653. The van der Waals surface area contributed by atoms with E-state index in [-0.39, 0.29) is 11.9 Å². The first-order valence-electron chi connectivity index (χ1n) is 21.0. The number of nitrogens with zero attached hydrogens (tertiary/aromatic N) is 1. The maximum atomic E-state index is 12.0. The lowest BCUT2D eigenvalue weighted by atomic mass is 9.72. The third kappa shape index (κ3) is 27.4. The molecular formula is C42H81NO4. The fourth-order valence-corrected chi connectivity index (χ4v) is 7.48. The normalized spacial score (nSPS) is 14.3. The van der Waals surface area contributed by atoms with Crippen molar-refractivity contribution in [2.45, 2.75) is 219 Å². The number of hydrogen-bond acceptors (Lipinski definition) is 5. The average Bonchev–Trinajstić information content (AvgIpc) is 3.04. The Morgan fingerprint density at radius 1 is 0.447 bits per heavy atom. The van der Waals surface area contributed by atoms with Gasteiger partial charge in [0.15, 0.2) is 0 Å². The zero-order chi connectivity index (χ0) is 34.1. The van der Waals surface area contributed by atoms with Gasteiger partial charge in [0.05, 0.1) is 13.2 Å². The molecule has 1 saturated heterocycles. The highest BCUT2D eigenvalue weighted by molar-refractivity contribution is 5.69. The van der Waals surface area contributed by atoms with Crippen LogP contribution in [0.4, 0.5) is 0 Å². The van der Waals surface area contributed by atoms with Crippen LogP contribution in [0.3, 0.4) is 0 Å². The van der Waals surface area contributed by atoms with Crippen LogP contribution in [0.15, 0.2) is 0 Å². The summed E-state index contributed by atoms with van der Waals surface area (Å²) >= 11 is 0. The molecule has 278 valence electrons. The maximum absolute atomic E-state index is 12.0. The molecule has 0 saturated carbocycles. The molecule has 0 aromatic heterocycles. The molecule has 1 rings (SSSR count). The third-order valence-electron chi connectivity index (χ3n) is 10.4. The van der Waals surface area contributed by atoms with Gasteiger partial charge in [0.1, 0.15) is 0 Å². The van der Waals surface area contributed by atoms with Gasteiger partial charge in [0, 0.05) is 25.9 Å². The quantitative estimate of drug-likeness (QED) is 0.0493. The fourth-order valence-electron chi connectivity index (χ4n) is 7.48. The molecule has 0 N–H and O–H groups in total. The van der Waals surface area contributed by atoms with Crippen molar-refractivity contribution in [2.75, 3.05) is 33.4 Å². The van der Waals surface area contributed by atoms with Crippen molar-refractivity contribution in [1.82, 2.24) is 4.90 Å². The number of carbonyl (C=O) groups is 2. The molecule has 1 heterocycles. The van der Waals surface area contributed by atoms with E-state index >= 15 is 0 Å². The van der Waals surface area contributed by atoms with Crippen LogP contribution in [0.25, 0.3) is 0 Å². The van der Waals surface area contributed by atoms with E-state index in [2.05, 4.69) is 25.8 Å². The van der Waals surface area contributed by atoms with Gasteiger partial charge in [0.25, 0.3) is 0 Å². The van der Waals surface area contributed by atoms with Crippen LogP contribution in [0.5, 0.6) is 0 Å². The van der Waals surface area contributed by atoms with Crippen molar-refractivity contribution in [3.05, 3.63) is 0 Å². The van der Waals surface area contributed by atoms with Gasteiger partial charge in [-0.3, -0.25) is 9.59 Å². The van der Waals surface area contributed by atoms with E-state index < -0.39 is 0 Å². The van der Waals surface area contributed by atoms with Crippen molar-refractivity contribution < 1.29 is 19.1 Å². The lowest BCUT2D eigenvalue weighted by Gasteiger charge is -2.49. The Morgan fingerprint density at radius 3 is 1.09 bits per heavy atom. The van der Waals surface area contributed by atoms with Crippen molar-refractivity contribution in [3.63, 3.8) is 0 Å². The van der Waals surface area contributed by atoms with E-state index in [0.717, 1.165) is 38.5 Å². The number of ether oxygens (including phenoxy) is 2. The molecule has 1 aliphatic rings. The second-order valence-corrected chi connectivity index (χ2v) is 15.3. The highest BCUT2D eigenvalue weighted by Crippen LogP contribution is 2.40.